The number of Topliss-reactive ketones (excluding diaryl/α,β-unsaturated/α-hetero) is 2. The predicted octanol–water partition coefficient (Wildman–Crippen LogP) is 6.36. The van der Waals surface area contributed by atoms with Gasteiger partial charge in [0.1, 0.15) is 0 Å². The van der Waals surface area contributed by atoms with Gasteiger partial charge in [-0.2, -0.15) is 11.4 Å². The van der Waals surface area contributed by atoms with Crippen LogP contribution in [0, 0.1) is 0 Å². The molecule has 0 bridgehead atoms. The molecule has 4 nitrogen and oxygen atoms in total. The molecule has 0 unspecified atom stereocenters. The smallest absolute Gasteiger partial charge is 0.659 e. The summed E-state index contributed by atoms with van der Waals surface area (Å²) < 4.78 is 0. The van der Waals surface area contributed by atoms with Crippen molar-refractivity contribution in [3.8, 4) is 0 Å². The van der Waals surface area contributed by atoms with Gasteiger partial charge in [-0.25, -0.2) is 0 Å². The SMILES string of the molecule is CC(=O)c1ccccc1[N-]C1=CCCC=C1[N-]c1ccccc1C(C)=O.[Pt+2]. The first-order chi connectivity index (χ1) is 12.6. The molecule has 0 saturated heterocycles. The zero-order valence-corrected chi connectivity index (χ0v) is 17.5. The molecule has 0 radical (unpaired) electrons. The number of benzene rings is 2. The van der Waals surface area contributed by atoms with Gasteiger partial charge in [-0.1, -0.05) is 48.5 Å². The minimum Gasteiger partial charge on any atom is -0.659 e. The summed E-state index contributed by atoms with van der Waals surface area (Å²) in [6.45, 7) is 3.07. The fourth-order valence-electron chi connectivity index (χ4n) is 2.85. The molecule has 0 heterocycles. The molecule has 0 amide bonds. The Balaban J connectivity index is 0.00000261. The van der Waals surface area contributed by atoms with Gasteiger partial charge in [-0.05, 0) is 26.7 Å². The predicted molar refractivity (Wildman–Crippen MR) is 104 cm³/mol. The molecule has 0 saturated carbocycles. The Hall–Kier alpha value is -2.45. The fraction of sp³-hybridized carbons (Fsp3) is 0.182. The summed E-state index contributed by atoms with van der Waals surface area (Å²) in [5.74, 6) is -0.0460. The topological polar surface area (TPSA) is 62.3 Å². The maximum atomic E-state index is 11.8. The summed E-state index contributed by atoms with van der Waals surface area (Å²) in [5, 5.41) is 9.37. The van der Waals surface area contributed by atoms with Crippen LogP contribution in [0.5, 0.6) is 0 Å². The maximum Gasteiger partial charge on any atom is 2.00 e. The normalized spacial score (nSPS) is 13.0. The molecule has 140 valence electrons. The Morgan fingerprint density at radius 1 is 0.704 bits per heavy atom. The van der Waals surface area contributed by atoms with E-state index in [1.807, 2.05) is 48.6 Å². The average molecular weight is 539 g/mol. The molecule has 2 aromatic carbocycles. The second-order valence-electron chi connectivity index (χ2n) is 6.13. The number of hydrogen-bond acceptors (Lipinski definition) is 2. The molecule has 0 spiro atoms. The van der Waals surface area contributed by atoms with Crippen molar-refractivity contribution in [3.63, 3.8) is 0 Å². The van der Waals surface area contributed by atoms with Crippen molar-refractivity contribution in [2.24, 2.45) is 0 Å². The Morgan fingerprint density at radius 2 is 1.07 bits per heavy atom. The van der Waals surface area contributed by atoms with E-state index in [0.717, 1.165) is 24.2 Å². The molecule has 1 aliphatic carbocycles. The second kappa shape index (κ2) is 9.47. The average Bonchev–Trinajstić information content (AvgIpc) is 2.64. The van der Waals surface area contributed by atoms with Gasteiger partial charge in [0.15, 0.2) is 11.6 Å². The Morgan fingerprint density at radius 3 is 1.44 bits per heavy atom. The third kappa shape index (κ3) is 5.05. The summed E-state index contributed by atoms with van der Waals surface area (Å²) >= 11 is 0. The van der Waals surface area contributed by atoms with Crippen LogP contribution in [-0.2, 0) is 21.1 Å². The maximum absolute atomic E-state index is 11.8. The molecule has 0 N–H and O–H groups in total. The number of rotatable bonds is 6. The summed E-state index contributed by atoms with van der Waals surface area (Å²) in [4.78, 5) is 23.7. The third-order valence-corrected chi connectivity index (χ3v) is 4.15. The van der Waals surface area contributed by atoms with Crippen LogP contribution >= 0.6 is 0 Å². The van der Waals surface area contributed by atoms with Gasteiger partial charge in [-0.15, -0.1) is 23.5 Å². The van der Waals surface area contributed by atoms with E-state index in [9.17, 15) is 9.59 Å². The van der Waals surface area contributed by atoms with E-state index in [2.05, 4.69) is 10.6 Å². The van der Waals surface area contributed by atoms with E-state index >= 15 is 0 Å². The number of carbonyl (C=O) groups is 2. The molecule has 3 rings (SSSR count). The van der Waals surface area contributed by atoms with Crippen molar-refractivity contribution in [2.75, 3.05) is 0 Å². The summed E-state index contributed by atoms with van der Waals surface area (Å²) in [7, 11) is 0. The third-order valence-electron chi connectivity index (χ3n) is 4.15. The van der Waals surface area contributed by atoms with Crippen molar-refractivity contribution in [1.82, 2.24) is 0 Å². The van der Waals surface area contributed by atoms with Crippen LogP contribution in [0.25, 0.3) is 10.6 Å². The van der Waals surface area contributed by atoms with Crippen molar-refractivity contribution >= 4 is 22.9 Å². The van der Waals surface area contributed by atoms with Crippen LogP contribution in [0.2, 0.25) is 0 Å². The van der Waals surface area contributed by atoms with Crippen LogP contribution in [0.1, 0.15) is 47.4 Å². The van der Waals surface area contributed by atoms with Crippen molar-refractivity contribution < 1.29 is 30.7 Å². The summed E-state index contributed by atoms with van der Waals surface area (Å²) in [6, 6.07) is 14.6. The number of carbonyl (C=O) groups excluding carboxylic acids is 2. The molecule has 27 heavy (non-hydrogen) atoms. The monoisotopic (exact) mass is 539 g/mol. The van der Waals surface area contributed by atoms with Gasteiger partial charge in [0, 0.05) is 11.1 Å². The Bertz CT molecular complexity index is 841. The summed E-state index contributed by atoms with van der Waals surface area (Å²) in [6.07, 6.45) is 5.78. The molecular formula is C22H20N2O2Pt. The molecule has 5 heteroatoms. The van der Waals surface area contributed by atoms with Crippen LogP contribution in [0.3, 0.4) is 0 Å². The van der Waals surface area contributed by atoms with Gasteiger partial charge < -0.3 is 10.6 Å². The van der Waals surface area contributed by atoms with Gasteiger partial charge in [0.05, 0.1) is 0 Å². The molecule has 0 fully saturated rings. The molecule has 2 aromatic rings. The van der Waals surface area contributed by atoms with E-state index in [0.29, 0.717) is 22.5 Å². The molecular weight excluding hydrogens is 519 g/mol. The van der Waals surface area contributed by atoms with Gasteiger partial charge in [-0.3, -0.25) is 9.59 Å². The number of ketones is 2. The van der Waals surface area contributed by atoms with E-state index in [1.165, 1.54) is 13.8 Å². The summed E-state index contributed by atoms with van der Waals surface area (Å²) in [5.41, 5.74) is 3.89. The molecule has 0 aromatic heterocycles. The number of nitrogens with zero attached hydrogens (tertiary/aromatic N) is 2. The van der Waals surface area contributed by atoms with Crippen LogP contribution in [-0.4, -0.2) is 11.6 Å². The Kier molecular flexibility index (Phi) is 7.32. The first kappa shape index (κ1) is 20.9. The van der Waals surface area contributed by atoms with Crippen molar-refractivity contribution in [2.45, 2.75) is 26.7 Å². The number of allylic oxidation sites excluding steroid dienone is 2. The van der Waals surface area contributed by atoms with Crippen molar-refractivity contribution in [1.29, 1.82) is 0 Å². The van der Waals surface area contributed by atoms with Crippen LogP contribution in [0.15, 0.2) is 72.1 Å². The largest absolute Gasteiger partial charge is 2.00 e. The van der Waals surface area contributed by atoms with Gasteiger partial charge >= 0.3 is 21.1 Å². The minimum atomic E-state index is -0.0230. The van der Waals surface area contributed by atoms with E-state index in [4.69, 9.17) is 0 Å². The van der Waals surface area contributed by atoms with E-state index < -0.39 is 0 Å². The van der Waals surface area contributed by atoms with Gasteiger partial charge in [0.25, 0.3) is 0 Å². The second-order valence-corrected chi connectivity index (χ2v) is 6.13. The zero-order valence-electron chi connectivity index (χ0n) is 15.2. The molecule has 0 aliphatic heterocycles. The number of hydrogen-bond donors (Lipinski definition) is 0. The molecule has 1 aliphatic rings. The zero-order chi connectivity index (χ0) is 18.5. The fourth-order valence-corrected chi connectivity index (χ4v) is 2.85. The quantitative estimate of drug-likeness (QED) is 0.401. The van der Waals surface area contributed by atoms with Crippen molar-refractivity contribution in [3.05, 3.63) is 93.8 Å². The first-order valence-electron chi connectivity index (χ1n) is 8.60. The van der Waals surface area contributed by atoms with E-state index in [-0.39, 0.29) is 32.6 Å². The van der Waals surface area contributed by atoms with Crippen LogP contribution < -0.4 is 0 Å². The van der Waals surface area contributed by atoms with E-state index in [1.54, 1.807) is 12.1 Å². The standard InChI is InChI=1S/C22H22N2O2.Pt/c1-15(25)17-9-3-5-11-19(17)23-21-13-7-8-14-22(21)24-20-12-6-4-10-18(20)16(2)26;/h3-6,9-14H,7-8H2,1-2H3,(H2,23,24,25,26);/q;+2/p-2. The van der Waals surface area contributed by atoms with Crippen LogP contribution in [0.4, 0.5) is 11.4 Å². The number of para-hydroxylation sites is 2. The Labute approximate surface area is 174 Å². The first-order valence-corrected chi connectivity index (χ1v) is 8.60. The molecule has 0 atom stereocenters. The minimum absolute atomic E-state index is 0. The van der Waals surface area contributed by atoms with Gasteiger partial charge in [0.2, 0.25) is 0 Å².